The van der Waals surface area contributed by atoms with Crippen LogP contribution in [-0.4, -0.2) is 44.6 Å². The maximum absolute atomic E-state index is 11.5. The number of nitrogens with one attached hydrogen (secondary N) is 1. The van der Waals surface area contributed by atoms with E-state index in [2.05, 4.69) is 14.9 Å². The summed E-state index contributed by atoms with van der Waals surface area (Å²) in [6, 6.07) is -0.873. The van der Waals surface area contributed by atoms with Crippen molar-refractivity contribution >= 4 is 35.2 Å². The van der Waals surface area contributed by atoms with Gasteiger partial charge < -0.3 is 10.4 Å². The van der Waals surface area contributed by atoms with Gasteiger partial charge in [-0.3, -0.25) is 4.79 Å². The van der Waals surface area contributed by atoms with Gasteiger partial charge in [0, 0.05) is 5.38 Å². The van der Waals surface area contributed by atoms with Crippen LogP contribution in [0.5, 0.6) is 0 Å². The van der Waals surface area contributed by atoms with Crippen LogP contribution in [0, 0.1) is 0 Å². The standard InChI is InChI=1S/C8H11N3O3S2/c1-15-3-2-5(8(13)14)9-7(12)6-4-16-11-10-6/h4-5H,2-3H2,1H3,(H,9,12)(H,13,14)/t5-/m1/s1. The first-order chi connectivity index (χ1) is 7.65. The van der Waals surface area contributed by atoms with Crippen LogP contribution in [0.1, 0.15) is 16.9 Å². The van der Waals surface area contributed by atoms with E-state index in [0.29, 0.717) is 12.2 Å². The van der Waals surface area contributed by atoms with Gasteiger partial charge in [-0.25, -0.2) is 4.79 Å². The molecule has 88 valence electrons. The molecule has 0 aromatic carbocycles. The number of rotatable bonds is 6. The van der Waals surface area contributed by atoms with E-state index in [1.54, 1.807) is 0 Å². The summed E-state index contributed by atoms with van der Waals surface area (Å²) in [7, 11) is 0. The number of hydrogen-bond donors (Lipinski definition) is 2. The second-order valence-corrected chi connectivity index (χ2v) is 4.53. The fourth-order valence-electron chi connectivity index (χ4n) is 0.989. The van der Waals surface area contributed by atoms with Crippen molar-refractivity contribution in [1.29, 1.82) is 0 Å². The zero-order valence-corrected chi connectivity index (χ0v) is 10.2. The van der Waals surface area contributed by atoms with Gasteiger partial charge in [-0.1, -0.05) is 4.49 Å². The number of nitrogens with zero attached hydrogens (tertiary/aromatic N) is 2. The molecule has 0 spiro atoms. The van der Waals surface area contributed by atoms with E-state index in [0.717, 1.165) is 11.5 Å². The number of carboxylic acids is 1. The van der Waals surface area contributed by atoms with Crippen LogP contribution in [0.2, 0.25) is 0 Å². The summed E-state index contributed by atoms with van der Waals surface area (Å²) in [5, 5.41) is 16.3. The van der Waals surface area contributed by atoms with Crippen molar-refractivity contribution in [1.82, 2.24) is 14.9 Å². The first-order valence-electron chi connectivity index (χ1n) is 4.44. The lowest BCUT2D eigenvalue weighted by atomic mass is 10.2. The molecule has 0 aliphatic rings. The summed E-state index contributed by atoms with van der Waals surface area (Å²) in [5.74, 6) is -0.861. The summed E-state index contributed by atoms with van der Waals surface area (Å²) in [6.07, 6.45) is 2.27. The molecule has 0 radical (unpaired) electrons. The van der Waals surface area contributed by atoms with Gasteiger partial charge in [0.25, 0.3) is 5.91 Å². The number of aliphatic carboxylic acids is 1. The number of carbonyl (C=O) groups excluding carboxylic acids is 1. The van der Waals surface area contributed by atoms with Crippen LogP contribution >= 0.6 is 23.3 Å². The van der Waals surface area contributed by atoms with E-state index in [-0.39, 0.29) is 5.69 Å². The Morgan fingerprint density at radius 2 is 2.44 bits per heavy atom. The first kappa shape index (κ1) is 12.9. The molecular weight excluding hydrogens is 250 g/mol. The number of thioether (sulfide) groups is 1. The van der Waals surface area contributed by atoms with E-state index in [4.69, 9.17) is 5.11 Å². The molecule has 1 aromatic rings. The van der Waals surface area contributed by atoms with Crippen LogP contribution in [0.25, 0.3) is 0 Å². The van der Waals surface area contributed by atoms with E-state index in [9.17, 15) is 9.59 Å². The maximum atomic E-state index is 11.5. The Hall–Kier alpha value is -1.15. The molecule has 0 aliphatic heterocycles. The fraction of sp³-hybridized carbons (Fsp3) is 0.500. The predicted molar refractivity (Wildman–Crippen MR) is 61.8 cm³/mol. The summed E-state index contributed by atoms with van der Waals surface area (Å²) in [6.45, 7) is 0. The van der Waals surface area contributed by atoms with Gasteiger partial charge in [0.1, 0.15) is 6.04 Å². The molecule has 1 atom stereocenters. The minimum Gasteiger partial charge on any atom is -0.480 e. The highest BCUT2D eigenvalue weighted by Crippen LogP contribution is 2.03. The molecule has 16 heavy (non-hydrogen) atoms. The highest BCUT2D eigenvalue weighted by atomic mass is 32.2. The fourth-order valence-corrected chi connectivity index (χ4v) is 1.90. The molecule has 8 heteroatoms. The number of amides is 1. The summed E-state index contributed by atoms with van der Waals surface area (Å²) < 4.78 is 3.54. The van der Waals surface area contributed by atoms with Crippen molar-refractivity contribution < 1.29 is 14.7 Å². The van der Waals surface area contributed by atoms with Gasteiger partial charge in [-0.2, -0.15) is 11.8 Å². The highest BCUT2D eigenvalue weighted by Gasteiger charge is 2.21. The third-order valence-electron chi connectivity index (χ3n) is 1.81. The SMILES string of the molecule is CSCC[C@@H](NC(=O)c1csnn1)C(=O)O. The molecule has 1 rings (SSSR count). The molecule has 0 saturated carbocycles. The zero-order valence-electron chi connectivity index (χ0n) is 8.54. The maximum Gasteiger partial charge on any atom is 0.326 e. The number of hydrogen-bond acceptors (Lipinski definition) is 6. The number of aromatic nitrogens is 2. The molecule has 0 bridgehead atoms. The minimum atomic E-state index is -1.04. The normalized spacial score (nSPS) is 12.1. The molecular formula is C8H11N3O3S2. The van der Waals surface area contributed by atoms with Crippen molar-refractivity contribution in [3.63, 3.8) is 0 Å². The van der Waals surface area contributed by atoms with Crippen molar-refractivity contribution in [2.24, 2.45) is 0 Å². The van der Waals surface area contributed by atoms with E-state index >= 15 is 0 Å². The van der Waals surface area contributed by atoms with Crippen molar-refractivity contribution in [2.45, 2.75) is 12.5 Å². The number of carboxylic acid groups (broad SMARTS) is 1. The summed E-state index contributed by atoms with van der Waals surface area (Å²) in [4.78, 5) is 22.4. The monoisotopic (exact) mass is 261 g/mol. The van der Waals surface area contributed by atoms with Gasteiger partial charge in [-0.15, -0.1) is 5.10 Å². The van der Waals surface area contributed by atoms with Crippen LogP contribution in [0.3, 0.4) is 0 Å². The lowest BCUT2D eigenvalue weighted by Crippen LogP contribution is -2.41. The number of carbonyl (C=O) groups is 2. The Labute approximate surface area is 101 Å². The van der Waals surface area contributed by atoms with Crippen LogP contribution in [0.15, 0.2) is 5.38 Å². The zero-order chi connectivity index (χ0) is 12.0. The quantitative estimate of drug-likeness (QED) is 0.773. The molecule has 2 N–H and O–H groups in total. The van der Waals surface area contributed by atoms with Gasteiger partial charge in [0.05, 0.1) is 0 Å². The van der Waals surface area contributed by atoms with Gasteiger partial charge in [0.15, 0.2) is 5.69 Å². The second-order valence-electron chi connectivity index (χ2n) is 2.94. The first-order valence-corrected chi connectivity index (χ1v) is 6.68. The van der Waals surface area contributed by atoms with Crippen LogP contribution in [-0.2, 0) is 4.79 Å². The Balaban J connectivity index is 2.54. The molecule has 0 aliphatic carbocycles. The van der Waals surface area contributed by atoms with Crippen molar-refractivity contribution in [2.75, 3.05) is 12.0 Å². The molecule has 1 amide bonds. The lowest BCUT2D eigenvalue weighted by Gasteiger charge is -2.12. The summed E-state index contributed by atoms with van der Waals surface area (Å²) >= 11 is 2.58. The van der Waals surface area contributed by atoms with Crippen molar-refractivity contribution in [3.05, 3.63) is 11.1 Å². The molecule has 0 saturated heterocycles. The molecule has 0 unspecified atom stereocenters. The molecule has 1 heterocycles. The van der Waals surface area contributed by atoms with Crippen LogP contribution < -0.4 is 5.32 Å². The topological polar surface area (TPSA) is 92.2 Å². The summed E-state index contributed by atoms with van der Waals surface area (Å²) in [5.41, 5.74) is 0.153. The second kappa shape index (κ2) is 6.44. The Kier molecular flexibility index (Phi) is 5.20. The molecule has 0 fully saturated rings. The molecule has 1 aromatic heterocycles. The van der Waals surface area contributed by atoms with E-state index in [1.165, 1.54) is 17.1 Å². The van der Waals surface area contributed by atoms with E-state index in [1.807, 2.05) is 6.26 Å². The average molecular weight is 261 g/mol. The van der Waals surface area contributed by atoms with Gasteiger partial charge >= 0.3 is 5.97 Å². The third kappa shape index (κ3) is 3.78. The van der Waals surface area contributed by atoms with Crippen molar-refractivity contribution in [3.8, 4) is 0 Å². The van der Waals surface area contributed by atoms with Gasteiger partial charge in [0.2, 0.25) is 0 Å². The highest BCUT2D eigenvalue weighted by molar-refractivity contribution is 7.98. The van der Waals surface area contributed by atoms with Crippen LogP contribution in [0.4, 0.5) is 0 Å². The average Bonchev–Trinajstić information content (AvgIpc) is 2.76. The Morgan fingerprint density at radius 1 is 1.69 bits per heavy atom. The lowest BCUT2D eigenvalue weighted by molar-refractivity contribution is -0.139. The smallest absolute Gasteiger partial charge is 0.326 e. The molecule has 6 nitrogen and oxygen atoms in total. The largest absolute Gasteiger partial charge is 0.480 e. The Morgan fingerprint density at radius 3 is 2.94 bits per heavy atom. The predicted octanol–water partition coefficient (Wildman–Crippen LogP) is 0.474. The minimum absolute atomic E-state index is 0.153. The van der Waals surface area contributed by atoms with Gasteiger partial charge in [-0.05, 0) is 30.0 Å². The Bertz CT molecular complexity index is 355. The van der Waals surface area contributed by atoms with E-state index < -0.39 is 17.9 Å². The third-order valence-corrected chi connectivity index (χ3v) is 2.96.